The Hall–Kier alpha value is -2.12. The van der Waals surface area contributed by atoms with Gasteiger partial charge in [0.2, 0.25) is 0 Å². The summed E-state index contributed by atoms with van der Waals surface area (Å²) in [4.78, 5) is 12.4. The summed E-state index contributed by atoms with van der Waals surface area (Å²) in [6.45, 7) is 9.83. The number of methoxy groups -OCH3 is 1. The number of nitrogens with one attached hydrogen (secondary N) is 2. The third-order valence-corrected chi connectivity index (χ3v) is 5.41. The first kappa shape index (κ1) is 21.2. The van der Waals surface area contributed by atoms with Crippen molar-refractivity contribution in [2.24, 2.45) is 4.99 Å². The number of likely N-dealkylation sites (N-methyl/N-ethyl adjacent to an activating group) is 1. The Morgan fingerprint density at radius 1 is 1.30 bits per heavy atom. The standard InChI is InChI=1S/C20H31N5OS/c1-6-25(7-2)18(16-9-8-10-17(11-16)26-5)13-23-20(21-4)24-14-19-22-12-15(3)27-19/h8-12,18H,6-7,13-14H2,1-5H3,(H2,21,23,24). The van der Waals surface area contributed by atoms with Gasteiger partial charge in [-0.3, -0.25) is 9.89 Å². The molecule has 2 rings (SSSR count). The van der Waals surface area contributed by atoms with Gasteiger partial charge in [-0.1, -0.05) is 26.0 Å². The van der Waals surface area contributed by atoms with Crippen molar-refractivity contribution in [3.05, 3.63) is 45.9 Å². The summed E-state index contributed by atoms with van der Waals surface area (Å²) in [7, 11) is 3.50. The quantitative estimate of drug-likeness (QED) is 0.509. The van der Waals surface area contributed by atoms with Gasteiger partial charge >= 0.3 is 0 Å². The third kappa shape index (κ3) is 6.22. The number of aliphatic imine (C=N–C) groups is 1. The predicted molar refractivity (Wildman–Crippen MR) is 114 cm³/mol. The van der Waals surface area contributed by atoms with E-state index < -0.39 is 0 Å². The fourth-order valence-electron chi connectivity index (χ4n) is 3.03. The molecule has 0 amide bonds. The Labute approximate surface area is 166 Å². The molecule has 2 N–H and O–H groups in total. The van der Waals surface area contributed by atoms with Crippen LogP contribution in [0.15, 0.2) is 35.5 Å². The molecule has 0 radical (unpaired) electrons. The van der Waals surface area contributed by atoms with Crippen molar-refractivity contribution in [2.45, 2.75) is 33.4 Å². The first-order valence-electron chi connectivity index (χ1n) is 9.35. The normalized spacial score (nSPS) is 12.9. The molecule has 1 heterocycles. The summed E-state index contributed by atoms with van der Waals surface area (Å²) in [6, 6.07) is 8.52. The van der Waals surface area contributed by atoms with Gasteiger partial charge in [0.15, 0.2) is 5.96 Å². The second kappa shape index (κ2) is 10.9. The predicted octanol–water partition coefficient (Wildman–Crippen LogP) is 3.21. The number of hydrogen-bond donors (Lipinski definition) is 2. The maximum absolute atomic E-state index is 5.41. The molecular formula is C20H31N5OS. The van der Waals surface area contributed by atoms with E-state index in [1.165, 1.54) is 10.4 Å². The molecule has 0 saturated heterocycles. The number of ether oxygens (including phenoxy) is 1. The van der Waals surface area contributed by atoms with Crippen molar-refractivity contribution in [1.82, 2.24) is 20.5 Å². The molecule has 0 bridgehead atoms. The second-order valence-corrected chi connectivity index (χ2v) is 7.50. The van der Waals surface area contributed by atoms with Crippen LogP contribution in [0.2, 0.25) is 0 Å². The molecule has 7 heteroatoms. The van der Waals surface area contributed by atoms with E-state index in [0.717, 1.165) is 36.4 Å². The molecule has 0 aliphatic rings. The summed E-state index contributed by atoms with van der Waals surface area (Å²) in [5, 5.41) is 7.87. The van der Waals surface area contributed by atoms with Gasteiger partial charge in [0, 0.05) is 24.7 Å². The van der Waals surface area contributed by atoms with Crippen molar-refractivity contribution in [3.63, 3.8) is 0 Å². The van der Waals surface area contributed by atoms with E-state index in [-0.39, 0.29) is 6.04 Å². The maximum Gasteiger partial charge on any atom is 0.191 e. The number of hydrogen-bond acceptors (Lipinski definition) is 5. The number of rotatable bonds is 9. The number of nitrogens with zero attached hydrogens (tertiary/aromatic N) is 3. The highest BCUT2D eigenvalue weighted by molar-refractivity contribution is 7.11. The van der Waals surface area contributed by atoms with Crippen LogP contribution in [-0.2, 0) is 6.54 Å². The molecule has 0 saturated carbocycles. The number of benzene rings is 1. The minimum atomic E-state index is 0.232. The zero-order valence-corrected chi connectivity index (χ0v) is 17.8. The van der Waals surface area contributed by atoms with Crippen LogP contribution in [0.5, 0.6) is 5.75 Å². The van der Waals surface area contributed by atoms with Crippen LogP contribution in [0, 0.1) is 6.92 Å². The number of aromatic nitrogens is 1. The van der Waals surface area contributed by atoms with Crippen LogP contribution in [0.25, 0.3) is 0 Å². The van der Waals surface area contributed by atoms with Crippen LogP contribution in [0.3, 0.4) is 0 Å². The highest BCUT2D eigenvalue weighted by Gasteiger charge is 2.19. The molecule has 1 aromatic carbocycles. The zero-order valence-electron chi connectivity index (χ0n) is 17.0. The van der Waals surface area contributed by atoms with E-state index in [1.54, 1.807) is 25.5 Å². The molecule has 0 aliphatic carbocycles. The maximum atomic E-state index is 5.41. The number of guanidine groups is 1. The van der Waals surface area contributed by atoms with E-state index >= 15 is 0 Å². The van der Waals surface area contributed by atoms with Gasteiger partial charge in [-0.25, -0.2) is 4.98 Å². The minimum absolute atomic E-state index is 0.232. The molecule has 2 aromatic rings. The number of aryl methyl sites for hydroxylation is 1. The summed E-state index contributed by atoms with van der Waals surface area (Å²) < 4.78 is 5.41. The molecular weight excluding hydrogens is 358 g/mol. The average molecular weight is 390 g/mol. The first-order valence-corrected chi connectivity index (χ1v) is 10.2. The van der Waals surface area contributed by atoms with Gasteiger partial charge in [-0.2, -0.15) is 0 Å². The molecule has 1 atom stereocenters. The largest absolute Gasteiger partial charge is 0.497 e. The smallest absolute Gasteiger partial charge is 0.191 e. The van der Waals surface area contributed by atoms with E-state index in [0.29, 0.717) is 6.54 Å². The molecule has 148 valence electrons. The summed E-state index contributed by atoms with van der Waals surface area (Å²) in [5.41, 5.74) is 1.23. The van der Waals surface area contributed by atoms with Crippen molar-refractivity contribution in [3.8, 4) is 5.75 Å². The Kier molecular flexibility index (Phi) is 8.54. The number of thiazole rings is 1. The minimum Gasteiger partial charge on any atom is -0.497 e. The molecule has 0 aliphatic heterocycles. The Bertz CT molecular complexity index is 727. The van der Waals surface area contributed by atoms with Crippen molar-refractivity contribution >= 4 is 17.3 Å². The van der Waals surface area contributed by atoms with Gasteiger partial charge in [-0.15, -0.1) is 11.3 Å². The van der Waals surface area contributed by atoms with Crippen LogP contribution in [-0.4, -0.2) is 49.6 Å². The Balaban J connectivity index is 2.04. The third-order valence-electron chi connectivity index (χ3n) is 4.49. The van der Waals surface area contributed by atoms with Crippen LogP contribution >= 0.6 is 11.3 Å². The lowest BCUT2D eigenvalue weighted by atomic mass is 10.0. The van der Waals surface area contributed by atoms with Gasteiger partial charge < -0.3 is 15.4 Å². The van der Waals surface area contributed by atoms with E-state index in [9.17, 15) is 0 Å². The van der Waals surface area contributed by atoms with Crippen molar-refractivity contribution < 1.29 is 4.74 Å². The zero-order chi connectivity index (χ0) is 19.6. The molecule has 6 nitrogen and oxygen atoms in total. The lowest BCUT2D eigenvalue weighted by Crippen LogP contribution is -2.43. The van der Waals surface area contributed by atoms with Crippen molar-refractivity contribution in [2.75, 3.05) is 33.8 Å². The van der Waals surface area contributed by atoms with E-state index in [2.05, 4.69) is 58.4 Å². The van der Waals surface area contributed by atoms with E-state index in [4.69, 9.17) is 4.74 Å². The van der Waals surface area contributed by atoms with E-state index in [1.807, 2.05) is 18.3 Å². The second-order valence-electron chi connectivity index (χ2n) is 6.18. The van der Waals surface area contributed by atoms with Gasteiger partial charge in [0.1, 0.15) is 10.8 Å². The highest BCUT2D eigenvalue weighted by Crippen LogP contribution is 2.23. The topological polar surface area (TPSA) is 61.8 Å². The molecule has 0 fully saturated rings. The SMILES string of the molecule is CCN(CC)C(CNC(=NC)NCc1ncc(C)s1)c1cccc(OC)c1. The van der Waals surface area contributed by atoms with Gasteiger partial charge in [0.05, 0.1) is 19.7 Å². The highest BCUT2D eigenvalue weighted by atomic mass is 32.1. The van der Waals surface area contributed by atoms with Crippen LogP contribution in [0.1, 0.15) is 35.3 Å². The molecule has 27 heavy (non-hydrogen) atoms. The summed E-state index contributed by atoms with van der Waals surface area (Å²) in [5.74, 6) is 1.66. The summed E-state index contributed by atoms with van der Waals surface area (Å²) in [6.07, 6.45) is 1.90. The lowest BCUT2D eigenvalue weighted by molar-refractivity contribution is 0.218. The Morgan fingerprint density at radius 2 is 2.07 bits per heavy atom. The first-order chi connectivity index (χ1) is 13.1. The molecule has 1 aromatic heterocycles. The van der Waals surface area contributed by atoms with Crippen molar-refractivity contribution in [1.29, 1.82) is 0 Å². The van der Waals surface area contributed by atoms with Gasteiger partial charge in [0.25, 0.3) is 0 Å². The average Bonchev–Trinajstić information content (AvgIpc) is 3.12. The van der Waals surface area contributed by atoms with Crippen LogP contribution < -0.4 is 15.4 Å². The molecule has 0 spiro atoms. The monoisotopic (exact) mass is 389 g/mol. The fourth-order valence-corrected chi connectivity index (χ4v) is 3.75. The fraction of sp³-hybridized carbons (Fsp3) is 0.500. The van der Waals surface area contributed by atoms with Crippen LogP contribution in [0.4, 0.5) is 0 Å². The lowest BCUT2D eigenvalue weighted by Gasteiger charge is -2.31. The molecule has 1 unspecified atom stereocenters. The summed E-state index contributed by atoms with van der Waals surface area (Å²) >= 11 is 1.70. The van der Waals surface area contributed by atoms with Gasteiger partial charge in [-0.05, 0) is 37.7 Å². The Morgan fingerprint density at radius 3 is 2.67 bits per heavy atom.